The number of nitriles is 2. The van der Waals surface area contributed by atoms with E-state index in [1.165, 1.54) is 0 Å². The van der Waals surface area contributed by atoms with Crippen molar-refractivity contribution >= 4 is 41.7 Å². The number of hydrogen-bond donors (Lipinski definition) is 2. The van der Waals surface area contributed by atoms with Gasteiger partial charge in [-0.15, -0.1) is 5.10 Å². The molecule has 2 heterocycles. The number of benzene rings is 3. The molecule has 0 spiro atoms. The Labute approximate surface area is 250 Å². The second kappa shape index (κ2) is 11.2. The summed E-state index contributed by atoms with van der Waals surface area (Å²) >= 11 is 6.83. The molecule has 0 bridgehead atoms. The van der Waals surface area contributed by atoms with Crippen LogP contribution in [0.3, 0.4) is 0 Å². The molecular formula is C32H26BClN8. The van der Waals surface area contributed by atoms with E-state index in [4.69, 9.17) is 19.4 Å². The zero-order valence-electron chi connectivity index (χ0n) is 22.9. The van der Waals surface area contributed by atoms with Crippen molar-refractivity contribution in [3.8, 4) is 12.1 Å². The Morgan fingerprint density at radius 2 is 1.88 bits per heavy atom. The van der Waals surface area contributed by atoms with Crippen LogP contribution >= 0.6 is 11.6 Å². The van der Waals surface area contributed by atoms with Crippen LogP contribution in [0, 0.1) is 22.7 Å². The largest absolute Gasteiger partial charge is 0.378 e. The van der Waals surface area contributed by atoms with Gasteiger partial charge >= 0.3 is 0 Å². The van der Waals surface area contributed by atoms with Gasteiger partial charge in [0.2, 0.25) is 0 Å². The summed E-state index contributed by atoms with van der Waals surface area (Å²) in [5.74, 6) is 0. The number of hydrogen-bond acceptors (Lipinski definition) is 7. The summed E-state index contributed by atoms with van der Waals surface area (Å²) in [7, 11) is 7.23. The Morgan fingerprint density at radius 3 is 2.60 bits per heavy atom. The SMILES string of the molecule is [B]C(Nc1cc(Cl)c2ncc(C#N)c(N[C@H](CC)c3ccccc3)c2c1)(c1cccc(C#N)c1)c1cnnn1C1CC1. The van der Waals surface area contributed by atoms with Crippen LogP contribution in [0.5, 0.6) is 0 Å². The van der Waals surface area contributed by atoms with Crippen molar-refractivity contribution in [3.05, 3.63) is 112 Å². The van der Waals surface area contributed by atoms with Gasteiger partial charge in [-0.3, -0.25) is 4.98 Å². The van der Waals surface area contributed by atoms with Crippen LogP contribution < -0.4 is 10.6 Å². The minimum absolute atomic E-state index is 0.0411. The van der Waals surface area contributed by atoms with E-state index < -0.39 is 5.44 Å². The molecule has 2 aromatic heterocycles. The van der Waals surface area contributed by atoms with Gasteiger partial charge in [0.1, 0.15) is 13.9 Å². The number of aromatic nitrogens is 4. The van der Waals surface area contributed by atoms with Gasteiger partial charge in [0, 0.05) is 17.3 Å². The molecule has 2 radical (unpaired) electrons. The lowest BCUT2D eigenvalue weighted by Crippen LogP contribution is -2.39. The van der Waals surface area contributed by atoms with Gasteiger partial charge in [0.25, 0.3) is 0 Å². The number of anilines is 2. The Hall–Kier alpha value is -4.86. The Kier molecular flexibility index (Phi) is 7.28. The fraction of sp³-hybridized carbons (Fsp3) is 0.219. The summed E-state index contributed by atoms with van der Waals surface area (Å²) in [5.41, 5.74) is 3.82. The molecule has 2 N–H and O–H groups in total. The van der Waals surface area contributed by atoms with Crippen LogP contribution in [0.4, 0.5) is 11.4 Å². The molecule has 1 aliphatic rings. The first-order chi connectivity index (χ1) is 20.4. The van der Waals surface area contributed by atoms with E-state index in [1.807, 2.05) is 35.0 Å². The number of nitrogens with one attached hydrogen (secondary N) is 2. The minimum Gasteiger partial charge on any atom is -0.378 e. The van der Waals surface area contributed by atoms with Crippen molar-refractivity contribution in [2.24, 2.45) is 0 Å². The maximum atomic E-state index is 10.0. The molecule has 0 aliphatic heterocycles. The van der Waals surface area contributed by atoms with Gasteiger partial charge in [-0.1, -0.05) is 66.2 Å². The topological polar surface area (TPSA) is 115 Å². The third-order valence-corrected chi connectivity index (χ3v) is 7.92. The van der Waals surface area contributed by atoms with Gasteiger partial charge in [-0.2, -0.15) is 10.5 Å². The third kappa shape index (κ3) is 5.04. The Morgan fingerprint density at radius 1 is 1.07 bits per heavy atom. The predicted octanol–water partition coefficient (Wildman–Crippen LogP) is 6.60. The molecule has 1 aliphatic carbocycles. The average Bonchev–Trinajstić information content (AvgIpc) is 3.75. The van der Waals surface area contributed by atoms with Crippen LogP contribution in [0.25, 0.3) is 10.9 Å². The molecule has 42 heavy (non-hydrogen) atoms. The van der Waals surface area contributed by atoms with Gasteiger partial charge in [0.05, 0.1) is 62.8 Å². The molecule has 8 nitrogen and oxygen atoms in total. The number of fused-ring (bicyclic) bond motifs is 1. The van der Waals surface area contributed by atoms with Crippen LogP contribution in [-0.2, 0) is 5.44 Å². The highest BCUT2D eigenvalue weighted by Gasteiger charge is 2.37. The maximum absolute atomic E-state index is 10.0. The standard InChI is InChI=1S/C32H26BClN8/c1-2-28(21-8-4-3-5-9-21)39-30-22(17-36)18-37-31-26(30)14-24(15-27(31)34)40-32(33,23-10-6-7-20(13-23)16-35)29-19-38-41-42(29)25-11-12-25/h3-10,13-15,18-19,25,28,40H,2,11-12H2,1H3,(H,37,39)/t28-,32?/m1/s1. The minimum atomic E-state index is -1.31. The van der Waals surface area contributed by atoms with Crippen LogP contribution in [0.2, 0.25) is 5.02 Å². The first-order valence-electron chi connectivity index (χ1n) is 13.8. The quantitative estimate of drug-likeness (QED) is 0.192. The summed E-state index contributed by atoms with van der Waals surface area (Å²) in [6, 6.07) is 25.6. The average molecular weight is 569 g/mol. The molecular weight excluding hydrogens is 543 g/mol. The van der Waals surface area contributed by atoms with Crippen molar-refractivity contribution in [1.82, 2.24) is 20.0 Å². The lowest BCUT2D eigenvalue weighted by Gasteiger charge is -2.34. The third-order valence-electron chi connectivity index (χ3n) is 7.63. The van der Waals surface area contributed by atoms with Crippen LogP contribution in [0.15, 0.2) is 79.1 Å². The van der Waals surface area contributed by atoms with Crippen molar-refractivity contribution in [1.29, 1.82) is 10.5 Å². The molecule has 5 aromatic rings. The molecule has 1 unspecified atom stereocenters. The van der Waals surface area contributed by atoms with Gasteiger partial charge in [-0.05, 0) is 54.7 Å². The molecule has 204 valence electrons. The van der Waals surface area contributed by atoms with Crippen LogP contribution in [0.1, 0.15) is 66.2 Å². The first-order valence-corrected chi connectivity index (χ1v) is 14.1. The van der Waals surface area contributed by atoms with Crippen molar-refractivity contribution in [2.75, 3.05) is 10.6 Å². The van der Waals surface area contributed by atoms with E-state index in [-0.39, 0.29) is 12.1 Å². The summed E-state index contributed by atoms with van der Waals surface area (Å²) in [4.78, 5) is 4.52. The second-order valence-corrected chi connectivity index (χ2v) is 10.9. The highest BCUT2D eigenvalue weighted by atomic mass is 35.5. The van der Waals surface area contributed by atoms with E-state index in [0.29, 0.717) is 49.7 Å². The van der Waals surface area contributed by atoms with Crippen molar-refractivity contribution in [2.45, 2.75) is 43.7 Å². The van der Waals surface area contributed by atoms with E-state index >= 15 is 0 Å². The normalized spacial score (nSPS) is 14.9. The lowest BCUT2D eigenvalue weighted by atomic mass is 9.69. The maximum Gasteiger partial charge on any atom is 0.119 e. The first kappa shape index (κ1) is 27.3. The van der Waals surface area contributed by atoms with Gasteiger partial charge < -0.3 is 10.6 Å². The Balaban J connectivity index is 1.49. The predicted molar refractivity (Wildman–Crippen MR) is 164 cm³/mol. The number of rotatable bonds is 9. The van der Waals surface area contributed by atoms with Crippen molar-refractivity contribution in [3.63, 3.8) is 0 Å². The number of nitrogens with zero attached hydrogens (tertiary/aromatic N) is 6. The molecule has 0 amide bonds. The van der Waals surface area contributed by atoms with E-state index in [9.17, 15) is 10.5 Å². The second-order valence-electron chi connectivity index (χ2n) is 10.4. The van der Waals surface area contributed by atoms with E-state index in [2.05, 4.69) is 57.1 Å². The van der Waals surface area contributed by atoms with E-state index in [1.54, 1.807) is 36.7 Å². The molecule has 2 atom stereocenters. The lowest BCUT2D eigenvalue weighted by molar-refractivity contribution is 0.561. The van der Waals surface area contributed by atoms with E-state index in [0.717, 1.165) is 24.8 Å². The molecule has 1 saturated carbocycles. The molecule has 6 rings (SSSR count). The highest BCUT2D eigenvalue weighted by Crippen LogP contribution is 2.41. The zero-order valence-corrected chi connectivity index (χ0v) is 23.7. The summed E-state index contributed by atoms with van der Waals surface area (Å²) < 4.78 is 1.85. The molecule has 3 aromatic carbocycles. The summed E-state index contributed by atoms with van der Waals surface area (Å²) in [6.07, 6.45) is 5.97. The fourth-order valence-corrected chi connectivity index (χ4v) is 5.58. The molecule has 1 fully saturated rings. The van der Waals surface area contributed by atoms with Gasteiger partial charge in [0.15, 0.2) is 0 Å². The summed E-state index contributed by atoms with van der Waals surface area (Å²) in [5, 5.41) is 36.3. The van der Waals surface area contributed by atoms with Crippen molar-refractivity contribution < 1.29 is 0 Å². The van der Waals surface area contributed by atoms with Gasteiger partial charge in [-0.25, -0.2) is 4.68 Å². The number of halogens is 1. The Bertz CT molecular complexity index is 1850. The monoisotopic (exact) mass is 568 g/mol. The van der Waals surface area contributed by atoms with Crippen LogP contribution in [-0.4, -0.2) is 27.8 Å². The zero-order chi connectivity index (χ0) is 29.3. The smallest absolute Gasteiger partial charge is 0.119 e. The molecule has 10 heteroatoms. The fourth-order valence-electron chi connectivity index (χ4n) is 5.31. The molecule has 0 saturated heterocycles. The number of pyridine rings is 1. The summed E-state index contributed by atoms with van der Waals surface area (Å²) in [6.45, 7) is 2.09. The highest BCUT2D eigenvalue weighted by molar-refractivity contribution is 6.36.